The fraction of sp³-hybridized carbons (Fsp3) is 0.692. The van der Waals surface area contributed by atoms with E-state index in [1.807, 2.05) is 55.4 Å². The van der Waals surface area contributed by atoms with E-state index in [1.165, 1.54) is 11.8 Å². The first-order chi connectivity index (χ1) is 16.7. The molecule has 0 bridgehead atoms. The maximum atomic E-state index is 15.3. The van der Waals surface area contributed by atoms with Gasteiger partial charge in [-0.3, -0.25) is 4.98 Å². The van der Waals surface area contributed by atoms with Crippen LogP contribution in [0, 0.1) is 5.82 Å². The van der Waals surface area contributed by atoms with Crippen molar-refractivity contribution in [2.24, 2.45) is 0 Å². The number of anilines is 1. The normalized spacial score (nSPS) is 15.4. The number of ether oxygens (including phenoxy) is 1. The Morgan fingerprint density at radius 2 is 1.91 bits per heavy atom. The standard InChI is InChI=1S/C24H36FN5O2S.C2H6/c1-7-13-30(23(31)32-24(4,5)6)14-15-11-10-12-17-18-20(19(25)16(8-2)27-17)28-22(33-9-3)29-21(18)26-15;1-2/h15H,7-14H2,1-6H3,(H,26,28,29);1-2H3. The molecule has 35 heavy (non-hydrogen) atoms. The summed E-state index contributed by atoms with van der Waals surface area (Å²) in [4.78, 5) is 28.5. The summed E-state index contributed by atoms with van der Waals surface area (Å²) in [5, 5.41) is 4.72. The van der Waals surface area contributed by atoms with E-state index in [9.17, 15) is 4.79 Å². The number of rotatable bonds is 7. The molecule has 0 fully saturated rings. The summed E-state index contributed by atoms with van der Waals surface area (Å²) in [6.45, 7) is 16.7. The zero-order chi connectivity index (χ0) is 26.2. The number of nitrogens with zero attached hydrogens (tertiary/aromatic N) is 4. The molecule has 0 saturated carbocycles. The second-order valence-corrected chi connectivity index (χ2v) is 10.6. The lowest BCUT2D eigenvalue weighted by Crippen LogP contribution is -2.44. The maximum absolute atomic E-state index is 15.3. The summed E-state index contributed by atoms with van der Waals surface area (Å²) in [6.07, 6.45) is 3.46. The first-order valence-electron chi connectivity index (χ1n) is 12.9. The Balaban J connectivity index is 0.00000210. The summed E-state index contributed by atoms with van der Waals surface area (Å²) < 4.78 is 20.9. The lowest BCUT2D eigenvalue weighted by Gasteiger charge is -2.31. The smallest absolute Gasteiger partial charge is 0.410 e. The minimum absolute atomic E-state index is 0.0382. The first kappa shape index (κ1) is 29.1. The SMILES string of the molecule is CC.CCCN(CC1CCCc2nc(CC)c(F)c3nc(SCC)nc(c23)N1)C(=O)OC(C)(C)C. The molecule has 1 aliphatic heterocycles. The molecule has 0 saturated heterocycles. The number of amides is 1. The Morgan fingerprint density at radius 1 is 1.20 bits per heavy atom. The fourth-order valence-electron chi connectivity index (χ4n) is 4.03. The molecule has 1 N–H and O–H groups in total. The Labute approximate surface area is 214 Å². The number of hydrogen-bond acceptors (Lipinski definition) is 7. The molecule has 3 rings (SSSR count). The summed E-state index contributed by atoms with van der Waals surface area (Å²) >= 11 is 1.48. The van der Waals surface area contributed by atoms with Crippen molar-refractivity contribution in [2.45, 2.75) is 104 Å². The van der Waals surface area contributed by atoms with E-state index in [2.05, 4.69) is 15.3 Å². The summed E-state index contributed by atoms with van der Waals surface area (Å²) in [5.41, 5.74) is 1.07. The van der Waals surface area contributed by atoms with Gasteiger partial charge >= 0.3 is 6.09 Å². The Morgan fingerprint density at radius 3 is 2.51 bits per heavy atom. The number of carbonyl (C=O) groups is 1. The summed E-state index contributed by atoms with van der Waals surface area (Å²) in [7, 11) is 0. The fourth-order valence-corrected chi connectivity index (χ4v) is 4.60. The molecule has 0 aliphatic carbocycles. The van der Waals surface area contributed by atoms with E-state index in [0.717, 1.165) is 37.1 Å². The van der Waals surface area contributed by atoms with Gasteiger partial charge in [0.25, 0.3) is 0 Å². The van der Waals surface area contributed by atoms with Crippen molar-refractivity contribution in [2.75, 3.05) is 24.2 Å². The van der Waals surface area contributed by atoms with E-state index in [0.29, 0.717) is 47.1 Å². The number of carbonyl (C=O) groups excluding carboxylic acids is 1. The summed E-state index contributed by atoms with van der Waals surface area (Å²) in [5.74, 6) is 1.03. The topological polar surface area (TPSA) is 80.2 Å². The number of thioether (sulfide) groups is 1. The third kappa shape index (κ3) is 7.66. The maximum Gasteiger partial charge on any atom is 0.410 e. The zero-order valence-corrected chi connectivity index (χ0v) is 23.4. The van der Waals surface area contributed by atoms with Crippen LogP contribution >= 0.6 is 11.8 Å². The average Bonchev–Trinajstić information content (AvgIpc) is 2.79. The Bertz CT molecular complexity index is 996. The van der Waals surface area contributed by atoms with E-state index in [4.69, 9.17) is 9.72 Å². The molecular weight excluding hydrogens is 465 g/mol. The second kappa shape index (κ2) is 13.2. The van der Waals surface area contributed by atoms with Crippen molar-refractivity contribution in [1.29, 1.82) is 0 Å². The van der Waals surface area contributed by atoms with Crippen molar-refractivity contribution in [3.63, 3.8) is 0 Å². The van der Waals surface area contributed by atoms with Crippen molar-refractivity contribution >= 4 is 34.6 Å². The van der Waals surface area contributed by atoms with Crippen LogP contribution in [-0.4, -0.2) is 56.4 Å². The highest BCUT2D eigenvalue weighted by atomic mass is 32.2. The Kier molecular flexibility index (Phi) is 11.0. The summed E-state index contributed by atoms with van der Waals surface area (Å²) in [6, 6.07) is -0.0382. The van der Waals surface area contributed by atoms with Gasteiger partial charge in [-0.25, -0.2) is 19.2 Å². The highest BCUT2D eigenvalue weighted by Gasteiger charge is 2.27. The minimum Gasteiger partial charge on any atom is -0.444 e. The molecule has 2 aromatic rings. The van der Waals surface area contributed by atoms with Gasteiger partial charge in [-0.1, -0.05) is 46.4 Å². The third-order valence-corrected chi connectivity index (χ3v) is 6.14. The van der Waals surface area contributed by atoms with Gasteiger partial charge in [-0.05, 0) is 58.6 Å². The monoisotopic (exact) mass is 507 g/mol. The van der Waals surface area contributed by atoms with Crippen LogP contribution in [-0.2, 0) is 17.6 Å². The third-order valence-electron chi connectivity index (χ3n) is 5.41. The molecule has 3 heterocycles. The van der Waals surface area contributed by atoms with Crippen LogP contribution in [0.5, 0.6) is 0 Å². The van der Waals surface area contributed by atoms with E-state index in [-0.39, 0.29) is 18.0 Å². The Hall–Kier alpha value is -2.16. The molecule has 2 aromatic heterocycles. The molecule has 0 aromatic carbocycles. The quantitative estimate of drug-likeness (QED) is 0.333. The number of aryl methyl sites for hydroxylation is 2. The molecular formula is C26H42FN5O2S. The lowest BCUT2D eigenvalue weighted by atomic mass is 10.0. The predicted octanol–water partition coefficient (Wildman–Crippen LogP) is 6.63. The van der Waals surface area contributed by atoms with Crippen molar-refractivity contribution in [3.8, 4) is 0 Å². The van der Waals surface area contributed by atoms with E-state index >= 15 is 4.39 Å². The van der Waals surface area contributed by atoms with Crippen LogP contribution in [0.15, 0.2) is 5.16 Å². The van der Waals surface area contributed by atoms with Crippen LogP contribution in [0.2, 0.25) is 0 Å². The van der Waals surface area contributed by atoms with Gasteiger partial charge in [0.15, 0.2) is 11.0 Å². The van der Waals surface area contributed by atoms with Gasteiger partial charge in [-0.2, -0.15) is 0 Å². The van der Waals surface area contributed by atoms with Crippen molar-refractivity contribution in [1.82, 2.24) is 19.9 Å². The average molecular weight is 508 g/mol. The van der Waals surface area contributed by atoms with Crippen molar-refractivity contribution < 1.29 is 13.9 Å². The highest BCUT2D eigenvalue weighted by molar-refractivity contribution is 7.99. The molecule has 9 heteroatoms. The minimum atomic E-state index is -0.554. The van der Waals surface area contributed by atoms with Gasteiger partial charge in [0, 0.05) is 19.1 Å². The van der Waals surface area contributed by atoms with Gasteiger partial charge in [-0.15, -0.1) is 0 Å². The van der Waals surface area contributed by atoms with Crippen LogP contribution in [0.3, 0.4) is 0 Å². The molecule has 1 unspecified atom stereocenters. The predicted molar refractivity (Wildman–Crippen MR) is 143 cm³/mol. The van der Waals surface area contributed by atoms with Crippen LogP contribution in [0.25, 0.3) is 10.9 Å². The molecule has 1 aliphatic rings. The number of pyridine rings is 1. The number of halogens is 1. The van der Waals surface area contributed by atoms with E-state index < -0.39 is 5.60 Å². The van der Waals surface area contributed by atoms with Gasteiger partial charge in [0.1, 0.15) is 16.9 Å². The second-order valence-electron chi connectivity index (χ2n) is 9.34. The molecule has 0 spiro atoms. The van der Waals surface area contributed by atoms with Gasteiger partial charge in [0.05, 0.1) is 16.8 Å². The first-order valence-corrected chi connectivity index (χ1v) is 13.9. The van der Waals surface area contributed by atoms with Crippen LogP contribution in [0.4, 0.5) is 15.0 Å². The largest absolute Gasteiger partial charge is 0.444 e. The van der Waals surface area contributed by atoms with Gasteiger partial charge in [0.2, 0.25) is 0 Å². The molecule has 1 amide bonds. The van der Waals surface area contributed by atoms with Crippen molar-refractivity contribution in [3.05, 3.63) is 17.2 Å². The number of aromatic nitrogens is 3. The number of nitrogens with one attached hydrogen (secondary N) is 1. The molecule has 7 nitrogen and oxygen atoms in total. The zero-order valence-electron chi connectivity index (χ0n) is 22.6. The number of hydrogen-bond donors (Lipinski definition) is 1. The highest BCUT2D eigenvalue weighted by Crippen LogP contribution is 2.33. The van der Waals surface area contributed by atoms with E-state index in [1.54, 1.807) is 4.90 Å². The lowest BCUT2D eigenvalue weighted by molar-refractivity contribution is 0.0240. The molecule has 0 radical (unpaired) electrons. The molecule has 196 valence electrons. The van der Waals surface area contributed by atoms with Crippen LogP contribution in [0.1, 0.15) is 86.0 Å². The van der Waals surface area contributed by atoms with Gasteiger partial charge < -0.3 is 15.0 Å². The molecule has 1 atom stereocenters. The van der Waals surface area contributed by atoms with Crippen LogP contribution < -0.4 is 5.32 Å².